The average Bonchev–Trinajstić information content (AvgIpc) is 2.90. The molecule has 2 N–H and O–H groups in total. The predicted molar refractivity (Wildman–Crippen MR) is 48.7 cm³/mol. The first kappa shape index (κ1) is 9.31. The Bertz CT molecular complexity index is 406. The number of hydrogen-bond acceptors (Lipinski definition) is 5. The highest BCUT2D eigenvalue weighted by Gasteiger charge is 2.08. The number of nitrogens with one attached hydrogen (secondary N) is 2. The number of carbonyl (C=O) groups excluding carboxylic acids is 1. The zero-order chi connectivity index (χ0) is 10.5. The summed E-state index contributed by atoms with van der Waals surface area (Å²) in [5, 5.41) is 15.3. The molecule has 2 aromatic heterocycles. The molecule has 0 aliphatic carbocycles. The molecule has 0 spiro atoms. The summed E-state index contributed by atoms with van der Waals surface area (Å²) in [7, 11) is 0. The van der Waals surface area contributed by atoms with Gasteiger partial charge in [0.25, 0.3) is 11.7 Å². The normalized spacial score (nSPS) is 10.1. The van der Waals surface area contributed by atoms with E-state index in [1.165, 1.54) is 0 Å². The molecule has 2 aromatic rings. The molecule has 0 unspecified atom stereocenters. The van der Waals surface area contributed by atoms with Crippen molar-refractivity contribution in [1.82, 2.24) is 35.5 Å². The first-order valence-electron chi connectivity index (χ1n) is 4.33. The lowest BCUT2D eigenvalue weighted by atomic mass is 10.5. The zero-order valence-electron chi connectivity index (χ0n) is 7.79. The number of aromatic nitrogens is 6. The minimum Gasteiger partial charge on any atom is -0.347 e. The Morgan fingerprint density at radius 1 is 1.60 bits per heavy atom. The van der Waals surface area contributed by atoms with Crippen LogP contribution in [0.1, 0.15) is 10.6 Å². The van der Waals surface area contributed by atoms with Crippen molar-refractivity contribution in [2.45, 2.75) is 6.54 Å². The van der Waals surface area contributed by atoms with Crippen molar-refractivity contribution in [3.63, 3.8) is 0 Å². The van der Waals surface area contributed by atoms with Crippen LogP contribution >= 0.6 is 0 Å². The van der Waals surface area contributed by atoms with Crippen LogP contribution in [-0.4, -0.2) is 42.6 Å². The highest BCUT2D eigenvalue weighted by Crippen LogP contribution is 1.86. The maximum Gasteiger partial charge on any atom is 0.292 e. The summed E-state index contributed by atoms with van der Waals surface area (Å²) in [4.78, 5) is 15.2. The summed E-state index contributed by atoms with van der Waals surface area (Å²) in [6.07, 6.45) is 5.18. The standard InChI is InChI=1S/C7H9N7O/c15-7(6-10-12-13-11-6)9-2-4-14-3-1-8-5-14/h1,3,5H,2,4H2,(H,9,15)(H,10,11,12,13). The Balaban J connectivity index is 1.77. The van der Waals surface area contributed by atoms with Crippen LogP contribution < -0.4 is 5.32 Å². The van der Waals surface area contributed by atoms with E-state index in [-0.39, 0.29) is 11.7 Å². The number of rotatable bonds is 4. The van der Waals surface area contributed by atoms with Gasteiger partial charge in [0.05, 0.1) is 6.33 Å². The number of carbonyl (C=O) groups is 1. The molecule has 0 atom stereocenters. The van der Waals surface area contributed by atoms with E-state index in [1.807, 2.05) is 10.8 Å². The van der Waals surface area contributed by atoms with Crippen molar-refractivity contribution in [2.24, 2.45) is 0 Å². The minimum absolute atomic E-state index is 0.0423. The number of tetrazole rings is 1. The van der Waals surface area contributed by atoms with Gasteiger partial charge in [-0.2, -0.15) is 5.21 Å². The monoisotopic (exact) mass is 207 g/mol. The number of hydrogen-bond donors (Lipinski definition) is 2. The van der Waals surface area contributed by atoms with Crippen LogP contribution in [0.15, 0.2) is 18.7 Å². The molecule has 2 heterocycles. The van der Waals surface area contributed by atoms with Crippen LogP contribution in [-0.2, 0) is 6.54 Å². The number of imidazole rings is 1. The van der Waals surface area contributed by atoms with Gasteiger partial charge in [-0.05, 0) is 5.21 Å². The molecule has 0 aromatic carbocycles. The second kappa shape index (κ2) is 4.31. The van der Waals surface area contributed by atoms with Gasteiger partial charge in [-0.1, -0.05) is 0 Å². The van der Waals surface area contributed by atoms with E-state index in [1.54, 1.807) is 12.5 Å². The van der Waals surface area contributed by atoms with Gasteiger partial charge in [0, 0.05) is 25.5 Å². The maximum atomic E-state index is 11.3. The molecule has 78 valence electrons. The highest BCUT2D eigenvalue weighted by atomic mass is 16.2. The van der Waals surface area contributed by atoms with E-state index in [9.17, 15) is 4.79 Å². The van der Waals surface area contributed by atoms with E-state index in [4.69, 9.17) is 0 Å². The van der Waals surface area contributed by atoms with Crippen molar-refractivity contribution in [1.29, 1.82) is 0 Å². The van der Waals surface area contributed by atoms with Crippen LogP contribution in [0.4, 0.5) is 0 Å². The van der Waals surface area contributed by atoms with Crippen LogP contribution in [0.2, 0.25) is 0 Å². The second-order valence-electron chi connectivity index (χ2n) is 2.79. The van der Waals surface area contributed by atoms with Crippen LogP contribution in [0.5, 0.6) is 0 Å². The SMILES string of the molecule is O=C(NCCn1ccnc1)c1nn[nH]n1. The van der Waals surface area contributed by atoms with Gasteiger partial charge in [-0.15, -0.1) is 10.2 Å². The summed E-state index contributed by atoms with van der Waals surface area (Å²) in [6, 6.07) is 0. The smallest absolute Gasteiger partial charge is 0.292 e. The molecular weight excluding hydrogens is 198 g/mol. The molecule has 0 saturated carbocycles. The fourth-order valence-corrected chi connectivity index (χ4v) is 1.05. The summed E-state index contributed by atoms with van der Waals surface area (Å²) < 4.78 is 1.86. The fourth-order valence-electron chi connectivity index (χ4n) is 1.05. The fraction of sp³-hybridized carbons (Fsp3) is 0.286. The molecule has 0 bridgehead atoms. The van der Waals surface area contributed by atoms with E-state index < -0.39 is 0 Å². The summed E-state index contributed by atoms with van der Waals surface area (Å²) in [5.41, 5.74) is 0. The molecule has 0 aliphatic rings. The van der Waals surface area contributed by atoms with E-state index in [2.05, 4.69) is 30.9 Å². The maximum absolute atomic E-state index is 11.3. The van der Waals surface area contributed by atoms with Crippen LogP contribution in [0.25, 0.3) is 0 Å². The van der Waals surface area contributed by atoms with Crippen molar-refractivity contribution in [3.8, 4) is 0 Å². The van der Waals surface area contributed by atoms with Gasteiger partial charge in [-0.3, -0.25) is 4.79 Å². The lowest BCUT2D eigenvalue weighted by Crippen LogP contribution is -2.27. The van der Waals surface area contributed by atoms with E-state index in [0.29, 0.717) is 13.1 Å². The lowest BCUT2D eigenvalue weighted by Gasteiger charge is -2.02. The van der Waals surface area contributed by atoms with Crippen molar-refractivity contribution >= 4 is 5.91 Å². The van der Waals surface area contributed by atoms with Crippen molar-refractivity contribution in [2.75, 3.05) is 6.54 Å². The molecule has 2 rings (SSSR count). The summed E-state index contributed by atoms with van der Waals surface area (Å²) in [6.45, 7) is 1.15. The quantitative estimate of drug-likeness (QED) is 0.657. The Labute approximate surface area is 84.7 Å². The predicted octanol–water partition coefficient (Wildman–Crippen LogP) is -1.17. The van der Waals surface area contributed by atoms with Gasteiger partial charge in [0.1, 0.15) is 0 Å². The van der Waals surface area contributed by atoms with Crippen LogP contribution in [0.3, 0.4) is 0 Å². The molecule has 15 heavy (non-hydrogen) atoms. The third kappa shape index (κ3) is 2.36. The largest absolute Gasteiger partial charge is 0.347 e. The van der Waals surface area contributed by atoms with Gasteiger partial charge >= 0.3 is 0 Å². The molecule has 0 radical (unpaired) electrons. The topological polar surface area (TPSA) is 101 Å². The zero-order valence-corrected chi connectivity index (χ0v) is 7.79. The van der Waals surface area contributed by atoms with Crippen molar-refractivity contribution < 1.29 is 4.79 Å². The van der Waals surface area contributed by atoms with Gasteiger partial charge in [-0.25, -0.2) is 4.98 Å². The number of H-pyrrole nitrogens is 1. The number of amides is 1. The summed E-state index contributed by atoms with van der Waals surface area (Å²) >= 11 is 0. The van der Waals surface area contributed by atoms with E-state index in [0.717, 1.165) is 0 Å². The molecular formula is C7H9N7O. The molecule has 1 amide bonds. The lowest BCUT2D eigenvalue weighted by molar-refractivity contribution is 0.0942. The highest BCUT2D eigenvalue weighted by molar-refractivity contribution is 5.89. The van der Waals surface area contributed by atoms with E-state index >= 15 is 0 Å². The van der Waals surface area contributed by atoms with Gasteiger partial charge in [0.15, 0.2) is 0 Å². The third-order valence-corrected chi connectivity index (χ3v) is 1.76. The Morgan fingerprint density at radius 3 is 3.20 bits per heavy atom. The summed E-state index contributed by atoms with van der Waals surface area (Å²) in [5.74, 6) is -0.301. The first-order valence-corrected chi connectivity index (χ1v) is 4.33. The Morgan fingerprint density at radius 2 is 2.53 bits per heavy atom. The molecule has 8 nitrogen and oxygen atoms in total. The Kier molecular flexibility index (Phi) is 2.68. The second-order valence-corrected chi connectivity index (χ2v) is 2.79. The van der Waals surface area contributed by atoms with Gasteiger partial charge in [0.2, 0.25) is 0 Å². The first-order chi connectivity index (χ1) is 7.36. The molecule has 8 heteroatoms. The molecule has 0 aliphatic heterocycles. The minimum atomic E-state index is -0.344. The number of nitrogens with zero attached hydrogens (tertiary/aromatic N) is 5. The average molecular weight is 207 g/mol. The number of aromatic amines is 1. The molecule has 0 saturated heterocycles. The van der Waals surface area contributed by atoms with Crippen LogP contribution in [0, 0.1) is 0 Å². The third-order valence-electron chi connectivity index (χ3n) is 1.76. The molecule has 0 fully saturated rings. The van der Waals surface area contributed by atoms with Crippen molar-refractivity contribution in [3.05, 3.63) is 24.5 Å². The Hall–Kier alpha value is -2.25. The van der Waals surface area contributed by atoms with Gasteiger partial charge < -0.3 is 9.88 Å².